The molecule has 0 heterocycles. The Morgan fingerprint density at radius 2 is 1.89 bits per heavy atom. The van der Waals surface area contributed by atoms with Crippen LogP contribution in [0.2, 0.25) is 0 Å². The smallest absolute Gasteiger partial charge is 0.330 e. The third kappa shape index (κ3) is 5.24. The second-order valence-electron chi connectivity index (χ2n) is 3.38. The van der Waals surface area contributed by atoms with Crippen molar-refractivity contribution in [2.24, 2.45) is 0 Å². The molecule has 104 valence electrons. The Morgan fingerprint density at radius 3 is 2.53 bits per heavy atom. The van der Waals surface area contributed by atoms with Crippen molar-refractivity contribution in [1.82, 2.24) is 0 Å². The summed E-state index contributed by atoms with van der Waals surface area (Å²) in [6, 6.07) is 3.59. The van der Waals surface area contributed by atoms with Gasteiger partial charge in [-0.05, 0) is 57.0 Å². The minimum atomic E-state index is -0.374. The van der Waals surface area contributed by atoms with Crippen LogP contribution in [0, 0.1) is 0 Å². The van der Waals surface area contributed by atoms with E-state index in [9.17, 15) is 4.79 Å². The second kappa shape index (κ2) is 8.22. The summed E-state index contributed by atoms with van der Waals surface area (Å²) in [5.41, 5.74) is 0. The van der Waals surface area contributed by atoms with E-state index in [2.05, 4.69) is 31.9 Å². The predicted octanol–water partition coefficient (Wildman–Crippen LogP) is 3.72. The number of benzene rings is 1. The summed E-state index contributed by atoms with van der Waals surface area (Å²) in [7, 11) is 1.59. The number of carbonyl (C=O) groups excluding carboxylic acids is 1. The van der Waals surface area contributed by atoms with Crippen molar-refractivity contribution < 1.29 is 19.0 Å². The zero-order valence-electron chi connectivity index (χ0n) is 10.6. The van der Waals surface area contributed by atoms with Crippen LogP contribution in [0.4, 0.5) is 0 Å². The first-order valence-electron chi connectivity index (χ1n) is 5.57. The second-order valence-corrected chi connectivity index (χ2v) is 5.09. The Hall–Kier alpha value is -1.01. The van der Waals surface area contributed by atoms with Crippen LogP contribution in [-0.2, 0) is 9.53 Å². The van der Waals surface area contributed by atoms with Gasteiger partial charge in [0.15, 0.2) is 0 Å². The van der Waals surface area contributed by atoms with Crippen LogP contribution in [0.1, 0.15) is 6.92 Å². The van der Waals surface area contributed by atoms with Gasteiger partial charge in [-0.2, -0.15) is 0 Å². The normalized spacial score (nSPS) is 10.5. The monoisotopic (exact) mass is 392 g/mol. The van der Waals surface area contributed by atoms with Gasteiger partial charge in [0, 0.05) is 6.08 Å². The lowest BCUT2D eigenvalue weighted by molar-refractivity contribution is -0.137. The number of ether oxygens (including phenoxy) is 3. The summed E-state index contributed by atoms with van der Waals surface area (Å²) in [6.07, 6.45) is 2.94. The molecule has 0 aromatic heterocycles. The van der Waals surface area contributed by atoms with E-state index in [1.807, 2.05) is 0 Å². The average molecular weight is 394 g/mol. The molecule has 0 radical (unpaired) electrons. The lowest BCUT2D eigenvalue weighted by Gasteiger charge is -2.09. The lowest BCUT2D eigenvalue weighted by Crippen LogP contribution is -2.01. The fourth-order valence-electron chi connectivity index (χ4n) is 1.25. The Morgan fingerprint density at radius 1 is 1.26 bits per heavy atom. The topological polar surface area (TPSA) is 44.8 Å². The van der Waals surface area contributed by atoms with Gasteiger partial charge in [0.05, 0.1) is 22.7 Å². The van der Waals surface area contributed by atoms with Crippen molar-refractivity contribution in [2.75, 3.05) is 20.3 Å². The van der Waals surface area contributed by atoms with E-state index in [-0.39, 0.29) is 12.6 Å². The SMILES string of the molecule is CCOC(=O)/C=C/COc1cc(Br)c(OC)cc1Br. The number of carbonyl (C=O) groups is 1. The molecule has 0 saturated heterocycles. The van der Waals surface area contributed by atoms with E-state index in [0.29, 0.717) is 18.1 Å². The van der Waals surface area contributed by atoms with Crippen molar-refractivity contribution in [1.29, 1.82) is 0 Å². The molecule has 0 amide bonds. The molecular formula is C13H14Br2O4. The highest BCUT2D eigenvalue weighted by Gasteiger charge is 2.07. The molecule has 19 heavy (non-hydrogen) atoms. The molecule has 0 fully saturated rings. The summed E-state index contributed by atoms with van der Waals surface area (Å²) in [5, 5.41) is 0. The van der Waals surface area contributed by atoms with Crippen LogP contribution in [0.3, 0.4) is 0 Å². The summed E-state index contributed by atoms with van der Waals surface area (Å²) < 4.78 is 17.0. The molecule has 0 unspecified atom stereocenters. The molecule has 1 rings (SSSR count). The molecule has 0 aliphatic heterocycles. The van der Waals surface area contributed by atoms with Crippen molar-refractivity contribution >= 4 is 37.8 Å². The third-order valence-electron chi connectivity index (χ3n) is 2.08. The van der Waals surface area contributed by atoms with Gasteiger partial charge in [-0.15, -0.1) is 0 Å². The summed E-state index contributed by atoms with van der Waals surface area (Å²) in [4.78, 5) is 11.1. The molecule has 1 aromatic rings. The maximum absolute atomic E-state index is 11.1. The quantitative estimate of drug-likeness (QED) is 0.545. The van der Waals surface area contributed by atoms with Crippen LogP contribution < -0.4 is 9.47 Å². The van der Waals surface area contributed by atoms with Gasteiger partial charge in [-0.3, -0.25) is 0 Å². The third-order valence-corrected chi connectivity index (χ3v) is 3.32. The van der Waals surface area contributed by atoms with Gasteiger partial charge in [0.2, 0.25) is 0 Å². The largest absolute Gasteiger partial charge is 0.496 e. The van der Waals surface area contributed by atoms with E-state index in [1.165, 1.54) is 6.08 Å². The average Bonchev–Trinajstić information content (AvgIpc) is 2.38. The summed E-state index contributed by atoms with van der Waals surface area (Å²) in [5.74, 6) is 0.989. The highest BCUT2D eigenvalue weighted by Crippen LogP contribution is 2.35. The highest BCUT2D eigenvalue weighted by atomic mass is 79.9. The van der Waals surface area contributed by atoms with Crippen LogP contribution in [0.5, 0.6) is 11.5 Å². The van der Waals surface area contributed by atoms with Crippen molar-refractivity contribution in [3.05, 3.63) is 33.2 Å². The lowest BCUT2D eigenvalue weighted by atomic mass is 10.3. The van der Waals surface area contributed by atoms with Crippen molar-refractivity contribution in [2.45, 2.75) is 6.92 Å². The molecule has 0 N–H and O–H groups in total. The molecule has 6 heteroatoms. The molecule has 0 aliphatic rings. The van der Waals surface area contributed by atoms with Crippen LogP contribution in [0.15, 0.2) is 33.2 Å². The van der Waals surface area contributed by atoms with Gasteiger partial charge < -0.3 is 14.2 Å². The number of methoxy groups -OCH3 is 1. The van der Waals surface area contributed by atoms with E-state index in [1.54, 1.807) is 32.2 Å². The molecule has 0 bridgehead atoms. The van der Waals surface area contributed by atoms with Gasteiger partial charge in [-0.1, -0.05) is 0 Å². The van der Waals surface area contributed by atoms with Gasteiger partial charge in [-0.25, -0.2) is 4.79 Å². The molecule has 4 nitrogen and oxygen atoms in total. The fraction of sp³-hybridized carbons (Fsp3) is 0.308. The molecule has 0 atom stereocenters. The molecule has 0 aliphatic carbocycles. The number of esters is 1. The summed E-state index contributed by atoms with van der Waals surface area (Å²) in [6.45, 7) is 2.39. The number of halogens is 2. The van der Waals surface area contributed by atoms with Gasteiger partial charge in [0.1, 0.15) is 18.1 Å². The Kier molecular flexibility index (Phi) is 6.94. The molecular weight excluding hydrogens is 380 g/mol. The maximum Gasteiger partial charge on any atom is 0.330 e. The fourth-order valence-corrected chi connectivity index (χ4v) is 2.17. The van der Waals surface area contributed by atoms with Crippen molar-refractivity contribution in [3.8, 4) is 11.5 Å². The maximum atomic E-state index is 11.1. The van der Waals surface area contributed by atoms with Gasteiger partial charge >= 0.3 is 5.97 Å². The summed E-state index contributed by atoms with van der Waals surface area (Å²) >= 11 is 6.76. The van der Waals surface area contributed by atoms with E-state index in [4.69, 9.17) is 14.2 Å². The minimum Gasteiger partial charge on any atom is -0.496 e. The van der Waals surface area contributed by atoms with E-state index < -0.39 is 0 Å². The molecule has 0 spiro atoms. The van der Waals surface area contributed by atoms with Crippen LogP contribution in [-0.4, -0.2) is 26.3 Å². The zero-order chi connectivity index (χ0) is 14.3. The Bertz CT molecular complexity index is 472. The zero-order valence-corrected chi connectivity index (χ0v) is 13.8. The number of rotatable bonds is 6. The van der Waals surface area contributed by atoms with Crippen LogP contribution in [0.25, 0.3) is 0 Å². The van der Waals surface area contributed by atoms with Crippen LogP contribution >= 0.6 is 31.9 Å². The van der Waals surface area contributed by atoms with Crippen molar-refractivity contribution in [3.63, 3.8) is 0 Å². The standard InChI is InChI=1S/C13H14Br2O4/c1-3-18-13(16)5-4-6-19-12-8-9(14)11(17-2)7-10(12)15/h4-5,7-8H,3,6H2,1-2H3/b5-4+. The van der Waals surface area contributed by atoms with E-state index in [0.717, 1.165) is 8.95 Å². The molecule has 0 saturated carbocycles. The first-order valence-corrected chi connectivity index (χ1v) is 7.16. The number of hydrogen-bond donors (Lipinski definition) is 0. The first-order chi connectivity index (χ1) is 9.08. The first kappa shape index (κ1) is 16.0. The Balaban J connectivity index is 2.59. The number of hydrogen-bond acceptors (Lipinski definition) is 4. The minimum absolute atomic E-state index is 0.274. The predicted molar refractivity (Wildman–Crippen MR) is 79.7 cm³/mol. The highest BCUT2D eigenvalue weighted by molar-refractivity contribution is 9.11. The Labute approximate surface area is 129 Å². The van der Waals surface area contributed by atoms with E-state index >= 15 is 0 Å². The van der Waals surface area contributed by atoms with Gasteiger partial charge in [0.25, 0.3) is 0 Å². The molecule has 1 aromatic carbocycles.